The van der Waals surface area contributed by atoms with E-state index >= 15 is 0 Å². The second-order valence-electron chi connectivity index (χ2n) is 6.00. The molecule has 0 bridgehead atoms. The van der Waals surface area contributed by atoms with Crippen molar-refractivity contribution in [1.82, 2.24) is 9.97 Å². The molecule has 0 aliphatic rings. The third-order valence-electron chi connectivity index (χ3n) is 3.86. The van der Waals surface area contributed by atoms with Gasteiger partial charge in [0, 0.05) is 23.0 Å². The number of benzene rings is 1. The van der Waals surface area contributed by atoms with Crippen molar-refractivity contribution in [3.05, 3.63) is 82.8 Å². The van der Waals surface area contributed by atoms with Crippen LogP contribution in [0.2, 0.25) is 0 Å². The zero-order valence-electron chi connectivity index (χ0n) is 14.9. The Morgan fingerprint density at radius 3 is 2.86 bits per heavy atom. The number of carbonyl (C=O) groups excluding carboxylic acids is 1. The molecule has 28 heavy (non-hydrogen) atoms. The van der Waals surface area contributed by atoms with Gasteiger partial charge < -0.3 is 5.32 Å². The summed E-state index contributed by atoms with van der Waals surface area (Å²) in [5.41, 5.74) is 2.74. The molecule has 0 fully saturated rings. The lowest BCUT2D eigenvalue weighted by Gasteiger charge is -2.07. The number of hydrogen-bond donors (Lipinski definition) is 1. The molecule has 0 spiro atoms. The Labute approximate surface area is 175 Å². The van der Waals surface area contributed by atoms with Crippen LogP contribution >= 0.6 is 34.4 Å². The van der Waals surface area contributed by atoms with E-state index < -0.39 is 0 Å². The topological polar surface area (TPSA) is 54.9 Å². The molecule has 4 nitrogen and oxygen atoms in total. The number of thioether (sulfide) groups is 1. The molecule has 1 aromatic carbocycles. The van der Waals surface area contributed by atoms with Crippen molar-refractivity contribution >= 4 is 46.0 Å². The van der Waals surface area contributed by atoms with Crippen LogP contribution in [0, 0.1) is 0 Å². The second-order valence-corrected chi connectivity index (χ2v) is 8.80. The number of anilines is 1. The molecule has 3 heterocycles. The maximum Gasteiger partial charge on any atom is 0.230 e. The molecule has 0 unspecified atom stereocenters. The van der Waals surface area contributed by atoms with Gasteiger partial charge in [-0.05, 0) is 41.3 Å². The zero-order valence-corrected chi connectivity index (χ0v) is 17.3. The third kappa shape index (κ3) is 5.07. The fraction of sp³-hybridized carbons (Fsp3) is 0.0952. The Morgan fingerprint density at radius 2 is 2.04 bits per heavy atom. The highest BCUT2D eigenvalue weighted by atomic mass is 32.2. The molecular formula is C21H17N3OS3. The van der Waals surface area contributed by atoms with Crippen molar-refractivity contribution in [2.75, 3.05) is 5.32 Å². The third-order valence-corrected chi connectivity index (χ3v) is 6.81. The van der Waals surface area contributed by atoms with Crippen LogP contribution in [0.3, 0.4) is 0 Å². The van der Waals surface area contributed by atoms with Crippen molar-refractivity contribution < 1.29 is 4.79 Å². The molecular weight excluding hydrogens is 406 g/mol. The maximum absolute atomic E-state index is 12.4. The molecule has 4 rings (SSSR count). The van der Waals surface area contributed by atoms with Gasteiger partial charge in [-0.15, -0.1) is 34.4 Å². The van der Waals surface area contributed by atoms with E-state index in [1.54, 1.807) is 40.6 Å². The number of hydrogen-bond acceptors (Lipinski definition) is 6. The van der Waals surface area contributed by atoms with E-state index in [1.165, 1.54) is 0 Å². The summed E-state index contributed by atoms with van der Waals surface area (Å²) in [7, 11) is 0. The number of thiazole rings is 1. The van der Waals surface area contributed by atoms with E-state index in [4.69, 9.17) is 0 Å². The Balaban J connectivity index is 1.34. The summed E-state index contributed by atoms with van der Waals surface area (Å²) in [6, 6.07) is 17.9. The number of nitrogens with zero attached hydrogens (tertiary/aromatic N) is 2. The van der Waals surface area contributed by atoms with Crippen molar-refractivity contribution in [2.24, 2.45) is 0 Å². The van der Waals surface area contributed by atoms with Crippen molar-refractivity contribution in [2.45, 2.75) is 17.2 Å². The first-order chi connectivity index (χ1) is 13.8. The van der Waals surface area contributed by atoms with Crippen LogP contribution in [0.4, 0.5) is 5.69 Å². The fourth-order valence-corrected chi connectivity index (χ4v) is 5.04. The maximum atomic E-state index is 12.4. The van der Waals surface area contributed by atoms with Crippen molar-refractivity contribution in [3.63, 3.8) is 0 Å². The van der Waals surface area contributed by atoms with Gasteiger partial charge in [0.2, 0.25) is 5.91 Å². The number of rotatable bonds is 7. The molecule has 0 saturated heterocycles. The van der Waals surface area contributed by atoms with E-state index in [-0.39, 0.29) is 12.3 Å². The molecule has 0 aliphatic heterocycles. The number of thiophene rings is 1. The van der Waals surface area contributed by atoms with Crippen LogP contribution in [0.15, 0.2) is 76.6 Å². The lowest BCUT2D eigenvalue weighted by Crippen LogP contribution is -2.14. The normalized spacial score (nSPS) is 10.7. The highest BCUT2D eigenvalue weighted by Crippen LogP contribution is 2.28. The van der Waals surface area contributed by atoms with E-state index in [0.717, 1.165) is 37.6 Å². The summed E-state index contributed by atoms with van der Waals surface area (Å²) >= 11 is 4.90. The molecule has 4 aromatic rings. The smallest absolute Gasteiger partial charge is 0.230 e. The summed E-state index contributed by atoms with van der Waals surface area (Å²) in [4.78, 5) is 22.4. The van der Waals surface area contributed by atoms with Crippen molar-refractivity contribution in [3.8, 4) is 9.88 Å². The van der Waals surface area contributed by atoms with Gasteiger partial charge >= 0.3 is 0 Å². The minimum absolute atomic E-state index is 0.0578. The molecule has 0 atom stereocenters. The number of amides is 1. The lowest BCUT2D eigenvalue weighted by atomic mass is 10.2. The Kier molecular flexibility index (Phi) is 6.16. The van der Waals surface area contributed by atoms with Crippen LogP contribution < -0.4 is 5.32 Å². The fourth-order valence-electron chi connectivity index (χ4n) is 2.60. The summed E-state index contributed by atoms with van der Waals surface area (Å²) in [6.07, 6.45) is 2.07. The van der Waals surface area contributed by atoms with Gasteiger partial charge in [-0.1, -0.05) is 24.3 Å². The SMILES string of the molecule is O=C(Cc1csc(-c2cccs2)n1)Nc1cccc(CSc2ccccn2)c1. The number of nitrogens with one attached hydrogen (secondary N) is 1. The molecule has 0 saturated carbocycles. The quantitative estimate of drug-likeness (QED) is 0.385. The number of pyridine rings is 1. The second kappa shape index (κ2) is 9.14. The van der Waals surface area contributed by atoms with Crippen LogP contribution in [0.25, 0.3) is 9.88 Å². The van der Waals surface area contributed by atoms with E-state index in [1.807, 2.05) is 59.3 Å². The predicted molar refractivity (Wildman–Crippen MR) is 118 cm³/mol. The van der Waals surface area contributed by atoms with Crippen LogP contribution in [0.1, 0.15) is 11.3 Å². The predicted octanol–water partition coefficient (Wildman–Crippen LogP) is 5.74. The first-order valence-corrected chi connectivity index (χ1v) is 11.4. The van der Waals surface area contributed by atoms with Crippen LogP contribution in [-0.4, -0.2) is 15.9 Å². The highest BCUT2D eigenvalue weighted by Gasteiger charge is 2.10. The molecule has 0 aliphatic carbocycles. The summed E-state index contributed by atoms with van der Waals surface area (Å²) in [6.45, 7) is 0. The Hall–Kier alpha value is -2.48. The van der Waals surface area contributed by atoms with E-state index in [0.29, 0.717) is 0 Å². The lowest BCUT2D eigenvalue weighted by molar-refractivity contribution is -0.115. The molecule has 140 valence electrons. The van der Waals surface area contributed by atoms with Gasteiger partial charge in [0.15, 0.2) is 0 Å². The van der Waals surface area contributed by atoms with E-state index in [2.05, 4.69) is 21.4 Å². The first-order valence-electron chi connectivity index (χ1n) is 8.67. The number of carbonyl (C=O) groups is 1. The minimum atomic E-state index is -0.0578. The summed E-state index contributed by atoms with van der Waals surface area (Å²) < 4.78 is 0. The minimum Gasteiger partial charge on any atom is -0.326 e. The van der Waals surface area contributed by atoms with Gasteiger partial charge in [0.1, 0.15) is 5.01 Å². The van der Waals surface area contributed by atoms with Crippen LogP contribution in [-0.2, 0) is 17.0 Å². The molecule has 0 radical (unpaired) electrons. The molecule has 7 heteroatoms. The van der Waals surface area contributed by atoms with Crippen molar-refractivity contribution in [1.29, 1.82) is 0 Å². The highest BCUT2D eigenvalue weighted by molar-refractivity contribution is 7.98. The van der Waals surface area contributed by atoms with Gasteiger partial charge in [0.25, 0.3) is 0 Å². The standard InChI is InChI=1S/C21H17N3OS3/c25-19(12-17-14-28-21(24-17)18-7-4-10-26-18)23-16-6-3-5-15(11-16)13-27-20-8-1-2-9-22-20/h1-11,14H,12-13H2,(H,23,25). The average Bonchev–Trinajstić information content (AvgIpc) is 3.39. The molecule has 1 N–H and O–H groups in total. The van der Waals surface area contributed by atoms with Gasteiger partial charge in [-0.2, -0.15) is 0 Å². The number of aromatic nitrogens is 2. The summed E-state index contributed by atoms with van der Waals surface area (Å²) in [5, 5.41) is 8.91. The summed E-state index contributed by atoms with van der Waals surface area (Å²) in [5.74, 6) is 0.745. The Morgan fingerprint density at radius 1 is 1.07 bits per heavy atom. The van der Waals surface area contributed by atoms with Gasteiger partial charge in [0.05, 0.1) is 22.0 Å². The Bertz CT molecular complexity index is 1050. The van der Waals surface area contributed by atoms with Gasteiger partial charge in [-0.25, -0.2) is 9.97 Å². The van der Waals surface area contributed by atoms with Gasteiger partial charge in [-0.3, -0.25) is 4.79 Å². The molecule has 3 aromatic heterocycles. The average molecular weight is 424 g/mol. The largest absolute Gasteiger partial charge is 0.326 e. The van der Waals surface area contributed by atoms with Crippen LogP contribution in [0.5, 0.6) is 0 Å². The first kappa shape index (κ1) is 18.9. The monoisotopic (exact) mass is 423 g/mol. The molecule has 1 amide bonds. The van der Waals surface area contributed by atoms with E-state index in [9.17, 15) is 4.79 Å². The zero-order chi connectivity index (χ0) is 19.2.